The van der Waals surface area contributed by atoms with Gasteiger partial charge in [-0.1, -0.05) is 25.3 Å². The molecule has 0 heterocycles. The molecular formula is C20H29F3N2O3S. The first kappa shape index (κ1) is 23.7. The summed E-state index contributed by atoms with van der Waals surface area (Å²) < 4.78 is 63.1. The molecule has 1 saturated carbocycles. The van der Waals surface area contributed by atoms with E-state index in [-0.39, 0.29) is 30.2 Å². The van der Waals surface area contributed by atoms with Gasteiger partial charge in [-0.3, -0.25) is 4.79 Å². The average Bonchev–Trinajstić information content (AvgIpc) is 2.61. The Kier molecular flexibility index (Phi) is 7.05. The van der Waals surface area contributed by atoms with Gasteiger partial charge in [0.2, 0.25) is 5.91 Å². The van der Waals surface area contributed by atoms with Crippen molar-refractivity contribution in [3.63, 3.8) is 0 Å². The van der Waals surface area contributed by atoms with E-state index in [9.17, 15) is 26.4 Å². The molecule has 1 aromatic rings. The van der Waals surface area contributed by atoms with E-state index in [0.717, 1.165) is 50.3 Å². The van der Waals surface area contributed by atoms with E-state index in [1.807, 2.05) is 0 Å². The van der Waals surface area contributed by atoms with E-state index in [1.54, 1.807) is 0 Å². The Labute approximate surface area is 170 Å². The Bertz CT molecular complexity index is 830. The van der Waals surface area contributed by atoms with Gasteiger partial charge in [-0.15, -0.1) is 0 Å². The molecule has 0 spiro atoms. The van der Waals surface area contributed by atoms with Crippen LogP contribution in [0.2, 0.25) is 0 Å². The van der Waals surface area contributed by atoms with Crippen LogP contribution in [0.4, 0.5) is 13.2 Å². The van der Waals surface area contributed by atoms with Crippen molar-refractivity contribution in [3.8, 4) is 0 Å². The maximum absolute atomic E-state index is 12.9. The molecule has 0 aliphatic heterocycles. The standard InChI is InChI=1S/C20H29F3N2O3S/c1-18(2,11-12-25-17(26)14-19(24)9-4-3-5-10-19)29(27,28)16-8-6-7-15(13-16)20(21,22)23/h6-8,13H,3-5,9-12,14,24H2,1-2H3,(H,25,26). The van der Waals surface area contributed by atoms with Gasteiger partial charge in [0.05, 0.1) is 15.2 Å². The van der Waals surface area contributed by atoms with Crippen molar-refractivity contribution in [1.29, 1.82) is 0 Å². The molecule has 2 rings (SSSR count). The molecule has 1 amide bonds. The van der Waals surface area contributed by atoms with Gasteiger partial charge in [0.1, 0.15) is 0 Å². The first-order chi connectivity index (χ1) is 13.3. The molecule has 0 bridgehead atoms. The summed E-state index contributed by atoms with van der Waals surface area (Å²) in [6.45, 7) is 2.99. The van der Waals surface area contributed by atoms with Crippen LogP contribution in [0.15, 0.2) is 29.2 Å². The number of sulfone groups is 1. The maximum Gasteiger partial charge on any atom is 0.416 e. The Morgan fingerprint density at radius 3 is 2.38 bits per heavy atom. The van der Waals surface area contributed by atoms with Crippen molar-refractivity contribution < 1.29 is 26.4 Å². The Morgan fingerprint density at radius 2 is 1.79 bits per heavy atom. The number of carbonyl (C=O) groups is 1. The highest BCUT2D eigenvalue weighted by atomic mass is 32.2. The van der Waals surface area contributed by atoms with E-state index < -0.39 is 31.9 Å². The van der Waals surface area contributed by atoms with E-state index in [4.69, 9.17) is 5.73 Å². The number of hydrogen-bond acceptors (Lipinski definition) is 4. The van der Waals surface area contributed by atoms with Crippen LogP contribution < -0.4 is 11.1 Å². The van der Waals surface area contributed by atoms with E-state index in [0.29, 0.717) is 6.07 Å². The highest BCUT2D eigenvalue weighted by molar-refractivity contribution is 7.92. The highest BCUT2D eigenvalue weighted by Gasteiger charge is 2.38. The zero-order chi connectivity index (χ0) is 21.9. The second kappa shape index (κ2) is 8.63. The lowest BCUT2D eigenvalue weighted by atomic mass is 9.80. The third-order valence-electron chi connectivity index (χ3n) is 5.61. The van der Waals surface area contributed by atoms with Gasteiger partial charge < -0.3 is 11.1 Å². The molecule has 0 aromatic heterocycles. The molecular weight excluding hydrogens is 405 g/mol. The van der Waals surface area contributed by atoms with Crippen LogP contribution in [-0.2, 0) is 20.8 Å². The number of rotatable bonds is 7. The van der Waals surface area contributed by atoms with Crippen LogP contribution in [0.1, 0.15) is 64.4 Å². The predicted octanol–water partition coefficient (Wildman–Crippen LogP) is 3.82. The van der Waals surface area contributed by atoms with Crippen LogP contribution in [0.25, 0.3) is 0 Å². The summed E-state index contributed by atoms with van der Waals surface area (Å²) in [5, 5.41) is 2.71. The van der Waals surface area contributed by atoms with Crippen LogP contribution in [-0.4, -0.2) is 31.2 Å². The molecule has 29 heavy (non-hydrogen) atoms. The van der Waals surface area contributed by atoms with Crippen LogP contribution in [0.5, 0.6) is 0 Å². The van der Waals surface area contributed by atoms with Crippen LogP contribution in [0.3, 0.4) is 0 Å². The van der Waals surface area contributed by atoms with Gasteiger partial charge in [-0.25, -0.2) is 8.42 Å². The molecule has 1 aliphatic carbocycles. The maximum atomic E-state index is 12.9. The summed E-state index contributed by atoms with van der Waals surface area (Å²) in [4.78, 5) is 11.8. The zero-order valence-electron chi connectivity index (χ0n) is 16.8. The van der Waals surface area contributed by atoms with Gasteiger partial charge in [-0.2, -0.15) is 13.2 Å². The average molecular weight is 435 g/mol. The molecule has 164 valence electrons. The molecule has 0 unspecified atom stereocenters. The molecule has 0 radical (unpaired) electrons. The monoisotopic (exact) mass is 434 g/mol. The SMILES string of the molecule is CC(C)(CCNC(=O)CC1(N)CCCCC1)S(=O)(=O)c1cccc(C(F)(F)F)c1. The summed E-state index contributed by atoms with van der Waals surface area (Å²) in [5.74, 6) is -0.235. The van der Waals surface area contributed by atoms with Crippen molar-refractivity contribution in [2.24, 2.45) is 5.73 Å². The third kappa shape index (κ3) is 5.94. The van der Waals surface area contributed by atoms with Gasteiger partial charge in [0, 0.05) is 18.5 Å². The largest absolute Gasteiger partial charge is 0.416 e. The molecule has 3 N–H and O–H groups in total. The van der Waals surface area contributed by atoms with Crippen molar-refractivity contribution in [2.75, 3.05) is 6.54 Å². The lowest BCUT2D eigenvalue weighted by molar-refractivity contribution is -0.137. The van der Waals surface area contributed by atoms with E-state index in [2.05, 4.69) is 5.32 Å². The van der Waals surface area contributed by atoms with Crippen molar-refractivity contribution in [3.05, 3.63) is 29.8 Å². The smallest absolute Gasteiger partial charge is 0.356 e. The number of alkyl halides is 3. The number of carbonyl (C=O) groups excluding carboxylic acids is 1. The first-order valence-corrected chi connectivity index (χ1v) is 11.2. The summed E-state index contributed by atoms with van der Waals surface area (Å²) in [6, 6.07) is 3.72. The topological polar surface area (TPSA) is 89.3 Å². The predicted molar refractivity (Wildman–Crippen MR) is 105 cm³/mol. The number of nitrogens with one attached hydrogen (secondary N) is 1. The van der Waals surface area contributed by atoms with E-state index >= 15 is 0 Å². The molecule has 0 atom stereocenters. The van der Waals surface area contributed by atoms with Gasteiger partial charge in [0.25, 0.3) is 0 Å². The number of benzene rings is 1. The fraction of sp³-hybridized carbons (Fsp3) is 0.650. The second-order valence-electron chi connectivity index (χ2n) is 8.49. The lowest BCUT2D eigenvalue weighted by Gasteiger charge is -2.33. The Balaban J connectivity index is 2.00. The first-order valence-electron chi connectivity index (χ1n) is 9.74. The summed E-state index contributed by atoms with van der Waals surface area (Å²) in [6.07, 6.45) is 0.301. The fourth-order valence-corrected chi connectivity index (χ4v) is 5.16. The van der Waals surface area contributed by atoms with Crippen LogP contribution in [0, 0.1) is 0 Å². The normalized spacial score (nSPS) is 17.7. The molecule has 5 nitrogen and oxygen atoms in total. The Hall–Kier alpha value is -1.61. The highest BCUT2D eigenvalue weighted by Crippen LogP contribution is 2.34. The fourth-order valence-electron chi connectivity index (χ4n) is 3.61. The molecule has 1 fully saturated rings. The number of amides is 1. The quantitative estimate of drug-likeness (QED) is 0.683. The zero-order valence-corrected chi connectivity index (χ0v) is 17.6. The molecule has 0 saturated heterocycles. The van der Waals surface area contributed by atoms with Crippen molar-refractivity contribution in [1.82, 2.24) is 5.32 Å². The van der Waals surface area contributed by atoms with Crippen molar-refractivity contribution in [2.45, 2.75) is 80.2 Å². The van der Waals surface area contributed by atoms with E-state index in [1.165, 1.54) is 13.8 Å². The third-order valence-corrected chi connectivity index (χ3v) is 8.14. The Morgan fingerprint density at radius 1 is 1.17 bits per heavy atom. The van der Waals surface area contributed by atoms with Gasteiger partial charge in [0.15, 0.2) is 9.84 Å². The minimum Gasteiger partial charge on any atom is -0.356 e. The van der Waals surface area contributed by atoms with Crippen LogP contribution >= 0.6 is 0 Å². The second-order valence-corrected chi connectivity index (χ2v) is 11.1. The summed E-state index contributed by atoms with van der Waals surface area (Å²) in [5.41, 5.74) is 4.74. The number of nitrogens with two attached hydrogens (primary N) is 1. The molecule has 1 aromatic carbocycles. The minimum absolute atomic E-state index is 0.0644. The van der Waals surface area contributed by atoms with Crippen molar-refractivity contribution >= 4 is 15.7 Å². The van der Waals surface area contributed by atoms with Gasteiger partial charge in [-0.05, 0) is 51.3 Å². The minimum atomic E-state index is -4.62. The summed E-state index contributed by atoms with van der Waals surface area (Å²) in [7, 11) is -4.03. The van der Waals surface area contributed by atoms with Gasteiger partial charge >= 0.3 is 6.18 Å². The number of halogens is 3. The number of hydrogen-bond donors (Lipinski definition) is 2. The summed E-state index contributed by atoms with van der Waals surface area (Å²) >= 11 is 0. The lowest BCUT2D eigenvalue weighted by Crippen LogP contribution is -2.46. The molecule has 1 aliphatic rings. The molecule has 9 heteroatoms.